The summed E-state index contributed by atoms with van der Waals surface area (Å²) in [5.74, 6) is -1.08. The van der Waals surface area contributed by atoms with Crippen LogP contribution >= 0.6 is 0 Å². The largest absolute Gasteiger partial charge is 0.478 e. The Kier molecular flexibility index (Phi) is 3.67. The zero-order chi connectivity index (χ0) is 12.3. The predicted octanol–water partition coefficient (Wildman–Crippen LogP) is 1.58. The second-order valence-electron chi connectivity index (χ2n) is 4.42. The van der Waals surface area contributed by atoms with E-state index in [1.54, 1.807) is 32.0 Å². The van der Waals surface area contributed by atoms with Gasteiger partial charge >= 0.3 is 5.97 Å². The Morgan fingerprint density at radius 2 is 1.94 bits per heavy atom. The van der Waals surface area contributed by atoms with Crippen molar-refractivity contribution in [3.63, 3.8) is 0 Å². The summed E-state index contributed by atoms with van der Waals surface area (Å²) in [6.45, 7) is 3.14. The van der Waals surface area contributed by atoms with Crippen LogP contribution in [0, 0.1) is 0 Å². The van der Waals surface area contributed by atoms with Gasteiger partial charge in [-0.3, -0.25) is 0 Å². The summed E-state index contributed by atoms with van der Waals surface area (Å²) >= 11 is 0. The second kappa shape index (κ2) is 4.63. The van der Waals surface area contributed by atoms with Gasteiger partial charge in [0.15, 0.2) is 0 Å². The number of carboxylic acids is 1. The fraction of sp³-hybridized carbons (Fsp3) is 0.417. The van der Waals surface area contributed by atoms with Crippen LogP contribution in [0.2, 0.25) is 0 Å². The number of hydrogen-bond acceptors (Lipinski definition) is 3. The highest BCUT2D eigenvalue weighted by Gasteiger charge is 2.23. The quantitative estimate of drug-likeness (QED) is 0.725. The number of aliphatic hydroxyl groups excluding tert-OH is 1. The van der Waals surface area contributed by atoms with Gasteiger partial charge in [0.1, 0.15) is 0 Å². The topological polar surface area (TPSA) is 77.8 Å². The molecule has 1 atom stereocenters. The normalized spacial score (nSPS) is 13.5. The standard InChI is InChI=1S/C12H16O4/c1-12(2,16)7-10(13)8-5-3-4-6-9(8)11(14)15/h3-6,10,13,16H,7H2,1-2H3,(H,14,15). The van der Waals surface area contributed by atoms with Gasteiger partial charge < -0.3 is 15.3 Å². The molecule has 0 aromatic heterocycles. The second-order valence-corrected chi connectivity index (χ2v) is 4.42. The highest BCUT2D eigenvalue weighted by Crippen LogP contribution is 2.26. The molecule has 1 aromatic carbocycles. The van der Waals surface area contributed by atoms with E-state index in [1.165, 1.54) is 6.07 Å². The number of hydrogen-bond donors (Lipinski definition) is 3. The molecule has 3 N–H and O–H groups in total. The maximum absolute atomic E-state index is 10.9. The molecule has 0 heterocycles. The number of aromatic carboxylic acids is 1. The molecule has 1 aromatic rings. The Hall–Kier alpha value is -1.39. The highest BCUT2D eigenvalue weighted by atomic mass is 16.4. The minimum Gasteiger partial charge on any atom is -0.478 e. The lowest BCUT2D eigenvalue weighted by Crippen LogP contribution is -2.23. The first-order valence-electron chi connectivity index (χ1n) is 5.04. The molecule has 0 saturated heterocycles. The molecule has 0 saturated carbocycles. The predicted molar refractivity (Wildman–Crippen MR) is 59.3 cm³/mol. The van der Waals surface area contributed by atoms with Crippen LogP contribution in [0.1, 0.15) is 42.3 Å². The van der Waals surface area contributed by atoms with Crippen LogP contribution in [0.5, 0.6) is 0 Å². The van der Waals surface area contributed by atoms with Gasteiger partial charge in [0.05, 0.1) is 17.3 Å². The van der Waals surface area contributed by atoms with Crippen molar-refractivity contribution in [3.05, 3.63) is 35.4 Å². The van der Waals surface area contributed by atoms with E-state index in [-0.39, 0.29) is 12.0 Å². The smallest absolute Gasteiger partial charge is 0.336 e. The summed E-state index contributed by atoms with van der Waals surface area (Å²) in [6, 6.07) is 6.25. The van der Waals surface area contributed by atoms with E-state index < -0.39 is 17.7 Å². The number of aliphatic hydroxyl groups is 2. The molecule has 0 bridgehead atoms. The molecule has 0 spiro atoms. The Balaban J connectivity index is 2.99. The Bertz CT molecular complexity index is 379. The van der Waals surface area contributed by atoms with Crippen LogP contribution in [0.15, 0.2) is 24.3 Å². The van der Waals surface area contributed by atoms with Crippen molar-refractivity contribution in [1.29, 1.82) is 0 Å². The molecule has 0 aliphatic heterocycles. The van der Waals surface area contributed by atoms with E-state index in [2.05, 4.69) is 0 Å². The third-order valence-electron chi connectivity index (χ3n) is 2.24. The van der Waals surface area contributed by atoms with Gasteiger partial charge in [-0.1, -0.05) is 18.2 Å². The van der Waals surface area contributed by atoms with E-state index in [0.29, 0.717) is 5.56 Å². The third-order valence-corrected chi connectivity index (χ3v) is 2.24. The molecular weight excluding hydrogens is 208 g/mol. The van der Waals surface area contributed by atoms with Crippen LogP contribution in [0.3, 0.4) is 0 Å². The summed E-state index contributed by atoms with van der Waals surface area (Å²) in [5.41, 5.74) is -0.637. The first kappa shape index (κ1) is 12.7. The summed E-state index contributed by atoms with van der Waals surface area (Å²) < 4.78 is 0. The molecule has 0 fully saturated rings. The molecule has 0 amide bonds. The molecule has 4 nitrogen and oxygen atoms in total. The van der Waals surface area contributed by atoms with Crippen molar-refractivity contribution < 1.29 is 20.1 Å². The van der Waals surface area contributed by atoms with Crippen molar-refractivity contribution in [2.45, 2.75) is 32.0 Å². The van der Waals surface area contributed by atoms with E-state index >= 15 is 0 Å². The third kappa shape index (κ3) is 3.32. The molecule has 4 heteroatoms. The zero-order valence-electron chi connectivity index (χ0n) is 9.34. The van der Waals surface area contributed by atoms with E-state index in [4.69, 9.17) is 5.11 Å². The Labute approximate surface area is 94.2 Å². The lowest BCUT2D eigenvalue weighted by molar-refractivity contribution is 0.0171. The van der Waals surface area contributed by atoms with Crippen LogP contribution < -0.4 is 0 Å². The molecular formula is C12H16O4. The minimum absolute atomic E-state index is 0.0688. The number of carboxylic acid groups (broad SMARTS) is 1. The van der Waals surface area contributed by atoms with Gasteiger partial charge in [0.25, 0.3) is 0 Å². The summed E-state index contributed by atoms with van der Waals surface area (Å²) in [7, 11) is 0. The average Bonchev–Trinajstić information content (AvgIpc) is 2.15. The van der Waals surface area contributed by atoms with Crippen molar-refractivity contribution >= 4 is 5.97 Å². The van der Waals surface area contributed by atoms with Gasteiger partial charge in [0, 0.05) is 6.42 Å². The first-order valence-corrected chi connectivity index (χ1v) is 5.04. The van der Waals surface area contributed by atoms with Gasteiger partial charge in [0.2, 0.25) is 0 Å². The molecule has 1 rings (SSSR count). The van der Waals surface area contributed by atoms with Crippen LogP contribution in [-0.2, 0) is 0 Å². The van der Waals surface area contributed by atoms with Gasteiger partial charge in [-0.25, -0.2) is 4.79 Å². The maximum Gasteiger partial charge on any atom is 0.336 e. The van der Waals surface area contributed by atoms with E-state index in [0.717, 1.165) is 0 Å². The van der Waals surface area contributed by atoms with Crippen molar-refractivity contribution in [2.75, 3.05) is 0 Å². The number of benzene rings is 1. The van der Waals surface area contributed by atoms with Crippen molar-refractivity contribution in [1.82, 2.24) is 0 Å². The Morgan fingerprint density at radius 1 is 1.38 bits per heavy atom. The lowest BCUT2D eigenvalue weighted by Gasteiger charge is -2.22. The summed E-state index contributed by atoms with van der Waals surface area (Å²) in [4.78, 5) is 10.9. The van der Waals surface area contributed by atoms with E-state index in [1.807, 2.05) is 0 Å². The lowest BCUT2D eigenvalue weighted by atomic mass is 9.93. The molecule has 88 valence electrons. The molecule has 16 heavy (non-hydrogen) atoms. The van der Waals surface area contributed by atoms with Gasteiger partial charge in [-0.15, -0.1) is 0 Å². The number of carbonyl (C=O) groups is 1. The molecule has 0 aliphatic carbocycles. The fourth-order valence-corrected chi connectivity index (χ4v) is 1.57. The fourth-order valence-electron chi connectivity index (χ4n) is 1.57. The first-order chi connectivity index (χ1) is 7.31. The van der Waals surface area contributed by atoms with Crippen LogP contribution in [0.25, 0.3) is 0 Å². The average molecular weight is 224 g/mol. The summed E-state index contributed by atoms with van der Waals surface area (Å²) in [5, 5.41) is 28.4. The maximum atomic E-state index is 10.9. The highest BCUT2D eigenvalue weighted by molar-refractivity contribution is 5.89. The van der Waals surface area contributed by atoms with Crippen molar-refractivity contribution in [2.24, 2.45) is 0 Å². The van der Waals surface area contributed by atoms with Crippen LogP contribution in [0.4, 0.5) is 0 Å². The molecule has 1 unspecified atom stereocenters. The zero-order valence-corrected chi connectivity index (χ0v) is 9.34. The SMILES string of the molecule is CC(C)(O)CC(O)c1ccccc1C(=O)O. The van der Waals surface area contributed by atoms with Crippen LogP contribution in [-0.4, -0.2) is 26.9 Å². The monoisotopic (exact) mass is 224 g/mol. The van der Waals surface area contributed by atoms with Gasteiger partial charge in [-0.05, 0) is 25.5 Å². The minimum atomic E-state index is -1.08. The summed E-state index contributed by atoms with van der Waals surface area (Å²) in [6.07, 6.45) is -0.885. The van der Waals surface area contributed by atoms with Crippen molar-refractivity contribution in [3.8, 4) is 0 Å². The molecule has 0 aliphatic rings. The number of rotatable bonds is 4. The van der Waals surface area contributed by atoms with E-state index in [9.17, 15) is 15.0 Å². The van der Waals surface area contributed by atoms with Gasteiger partial charge in [-0.2, -0.15) is 0 Å². The molecule has 0 radical (unpaired) electrons. The Morgan fingerprint density at radius 3 is 2.44 bits per heavy atom.